The highest BCUT2D eigenvalue weighted by atomic mass is 19.4. The van der Waals surface area contributed by atoms with E-state index in [1.165, 1.54) is 0 Å². The number of carbonyl (C=O) groups is 1. The third-order valence-corrected chi connectivity index (χ3v) is 1.70. The van der Waals surface area contributed by atoms with Crippen LogP contribution in [0.25, 0.3) is 0 Å². The summed E-state index contributed by atoms with van der Waals surface area (Å²) in [5, 5.41) is 8.49. The van der Waals surface area contributed by atoms with Gasteiger partial charge in [-0.05, 0) is 20.8 Å². The fraction of sp³-hybridized carbons (Fsp3) is 0.900. The first-order valence-corrected chi connectivity index (χ1v) is 5.14. The summed E-state index contributed by atoms with van der Waals surface area (Å²) in [7, 11) is 0. The SMILES string of the molecule is CC(C)(C)OCCN(CC(=O)O)CC(F)(F)F. The van der Waals surface area contributed by atoms with E-state index in [4.69, 9.17) is 9.84 Å². The Kier molecular flexibility index (Phi) is 5.91. The molecule has 0 amide bonds. The number of hydrogen-bond acceptors (Lipinski definition) is 3. The van der Waals surface area contributed by atoms with Crippen LogP contribution in [0.1, 0.15) is 20.8 Å². The van der Waals surface area contributed by atoms with Gasteiger partial charge in [-0.3, -0.25) is 9.69 Å². The molecule has 1 N–H and O–H groups in total. The maximum Gasteiger partial charge on any atom is 0.401 e. The van der Waals surface area contributed by atoms with Gasteiger partial charge in [0.2, 0.25) is 0 Å². The first-order valence-electron chi connectivity index (χ1n) is 5.14. The monoisotopic (exact) mass is 257 g/mol. The summed E-state index contributed by atoms with van der Waals surface area (Å²) in [5.74, 6) is -1.29. The van der Waals surface area contributed by atoms with Gasteiger partial charge in [0, 0.05) is 6.54 Å². The molecule has 0 aromatic heterocycles. The second-order valence-electron chi connectivity index (χ2n) is 4.68. The first-order chi connectivity index (χ1) is 7.49. The maximum atomic E-state index is 12.1. The van der Waals surface area contributed by atoms with Gasteiger partial charge in [-0.1, -0.05) is 0 Å². The third kappa shape index (κ3) is 11.4. The molecule has 0 heterocycles. The first kappa shape index (κ1) is 16.2. The fourth-order valence-electron chi connectivity index (χ4n) is 1.14. The van der Waals surface area contributed by atoms with Gasteiger partial charge >= 0.3 is 12.1 Å². The minimum atomic E-state index is -4.41. The van der Waals surface area contributed by atoms with Crippen LogP contribution >= 0.6 is 0 Å². The van der Waals surface area contributed by atoms with E-state index in [9.17, 15) is 18.0 Å². The van der Waals surface area contributed by atoms with E-state index in [1.54, 1.807) is 20.8 Å². The molecular weight excluding hydrogens is 239 g/mol. The average Bonchev–Trinajstić information content (AvgIpc) is 1.95. The molecule has 0 aromatic rings. The van der Waals surface area contributed by atoms with Gasteiger partial charge in [-0.15, -0.1) is 0 Å². The highest BCUT2D eigenvalue weighted by Crippen LogP contribution is 2.16. The van der Waals surface area contributed by atoms with E-state index < -0.39 is 30.8 Å². The van der Waals surface area contributed by atoms with E-state index in [-0.39, 0.29) is 13.2 Å². The predicted octanol–water partition coefficient (Wildman–Crippen LogP) is 1.75. The quantitative estimate of drug-likeness (QED) is 0.787. The highest BCUT2D eigenvalue weighted by Gasteiger charge is 2.31. The number of rotatable bonds is 6. The number of carboxylic acid groups (broad SMARTS) is 1. The molecule has 4 nitrogen and oxygen atoms in total. The van der Waals surface area contributed by atoms with Crippen molar-refractivity contribution in [3.8, 4) is 0 Å². The Morgan fingerprint density at radius 3 is 2.18 bits per heavy atom. The molecule has 0 radical (unpaired) electrons. The summed E-state index contributed by atoms with van der Waals surface area (Å²) < 4.78 is 41.7. The van der Waals surface area contributed by atoms with Crippen LogP contribution in [0.15, 0.2) is 0 Å². The predicted molar refractivity (Wildman–Crippen MR) is 55.8 cm³/mol. The molecule has 0 aliphatic heterocycles. The van der Waals surface area contributed by atoms with Crippen LogP contribution < -0.4 is 0 Å². The second-order valence-corrected chi connectivity index (χ2v) is 4.68. The van der Waals surface area contributed by atoms with Crippen LogP contribution in [0, 0.1) is 0 Å². The van der Waals surface area contributed by atoms with Crippen molar-refractivity contribution < 1.29 is 27.8 Å². The molecule has 0 atom stereocenters. The topological polar surface area (TPSA) is 49.8 Å². The molecule has 0 unspecified atom stereocenters. The second kappa shape index (κ2) is 6.20. The fourth-order valence-corrected chi connectivity index (χ4v) is 1.14. The van der Waals surface area contributed by atoms with Gasteiger partial charge in [-0.2, -0.15) is 13.2 Å². The maximum absolute atomic E-state index is 12.1. The number of alkyl halides is 3. The molecule has 0 rings (SSSR count). The van der Waals surface area contributed by atoms with E-state index in [0.717, 1.165) is 4.90 Å². The normalized spacial score (nSPS) is 13.1. The Hall–Kier alpha value is -0.820. The molecule has 0 spiro atoms. The zero-order chi connectivity index (χ0) is 13.7. The van der Waals surface area contributed by atoms with Gasteiger partial charge in [-0.25, -0.2) is 0 Å². The highest BCUT2D eigenvalue weighted by molar-refractivity contribution is 5.69. The van der Waals surface area contributed by atoms with Crippen LogP contribution in [-0.4, -0.2) is 54.0 Å². The van der Waals surface area contributed by atoms with Crippen molar-refractivity contribution in [2.24, 2.45) is 0 Å². The number of ether oxygens (including phenoxy) is 1. The number of hydrogen-bond donors (Lipinski definition) is 1. The Morgan fingerprint density at radius 1 is 1.29 bits per heavy atom. The van der Waals surface area contributed by atoms with Gasteiger partial charge in [0.05, 0.1) is 25.3 Å². The lowest BCUT2D eigenvalue weighted by Crippen LogP contribution is -2.40. The van der Waals surface area contributed by atoms with Crippen molar-refractivity contribution >= 4 is 5.97 Å². The molecule has 0 saturated carbocycles. The van der Waals surface area contributed by atoms with E-state index in [2.05, 4.69) is 0 Å². The standard InChI is InChI=1S/C10H18F3NO3/c1-9(2,3)17-5-4-14(6-8(15)16)7-10(11,12)13/h4-7H2,1-3H3,(H,15,16). The zero-order valence-electron chi connectivity index (χ0n) is 10.2. The number of aliphatic carboxylic acids is 1. The molecule has 0 fully saturated rings. The van der Waals surface area contributed by atoms with Gasteiger partial charge in [0.25, 0.3) is 0 Å². The molecular formula is C10H18F3NO3. The lowest BCUT2D eigenvalue weighted by molar-refractivity contribution is -0.155. The van der Waals surface area contributed by atoms with Crippen molar-refractivity contribution in [2.75, 3.05) is 26.2 Å². The largest absolute Gasteiger partial charge is 0.480 e. The van der Waals surface area contributed by atoms with Crippen LogP contribution in [-0.2, 0) is 9.53 Å². The number of carboxylic acids is 1. The summed E-state index contributed by atoms with van der Waals surface area (Å²) >= 11 is 0. The van der Waals surface area contributed by atoms with Gasteiger partial charge in [0.1, 0.15) is 0 Å². The summed E-state index contributed by atoms with van der Waals surface area (Å²) in [6.07, 6.45) is -4.41. The molecule has 17 heavy (non-hydrogen) atoms. The number of halogens is 3. The van der Waals surface area contributed by atoms with Crippen molar-refractivity contribution in [3.63, 3.8) is 0 Å². The van der Waals surface area contributed by atoms with Crippen molar-refractivity contribution in [3.05, 3.63) is 0 Å². The van der Waals surface area contributed by atoms with E-state index in [1.807, 2.05) is 0 Å². The van der Waals surface area contributed by atoms with Crippen LogP contribution in [0.3, 0.4) is 0 Å². The van der Waals surface area contributed by atoms with Crippen molar-refractivity contribution in [1.82, 2.24) is 4.90 Å². The van der Waals surface area contributed by atoms with Gasteiger partial charge < -0.3 is 9.84 Å². The molecule has 7 heteroatoms. The Morgan fingerprint density at radius 2 is 1.82 bits per heavy atom. The van der Waals surface area contributed by atoms with Gasteiger partial charge in [0.15, 0.2) is 0 Å². The smallest absolute Gasteiger partial charge is 0.401 e. The Bertz CT molecular complexity index is 248. The number of nitrogens with zero attached hydrogens (tertiary/aromatic N) is 1. The van der Waals surface area contributed by atoms with Crippen molar-refractivity contribution in [1.29, 1.82) is 0 Å². The van der Waals surface area contributed by atoms with E-state index >= 15 is 0 Å². The molecule has 0 aliphatic rings. The minimum Gasteiger partial charge on any atom is -0.480 e. The Labute approximate surface area is 98.3 Å². The van der Waals surface area contributed by atoms with Crippen molar-refractivity contribution in [2.45, 2.75) is 32.5 Å². The molecule has 0 aromatic carbocycles. The summed E-state index contributed by atoms with van der Waals surface area (Å²) in [6, 6.07) is 0. The Balaban J connectivity index is 4.16. The molecule has 0 aliphatic carbocycles. The summed E-state index contributed by atoms with van der Waals surface area (Å²) in [5.41, 5.74) is -0.451. The van der Waals surface area contributed by atoms with Crippen LogP contribution in [0.4, 0.5) is 13.2 Å². The van der Waals surface area contributed by atoms with Crippen LogP contribution in [0.2, 0.25) is 0 Å². The third-order valence-electron chi connectivity index (χ3n) is 1.70. The lowest BCUT2D eigenvalue weighted by Gasteiger charge is -2.25. The summed E-state index contributed by atoms with van der Waals surface area (Å²) in [6.45, 7) is 3.44. The van der Waals surface area contributed by atoms with Crippen LogP contribution in [0.5, 0.6) is 0 Å². The average molecular weight is 257 g/mol. The minimum absolute atomic E-state index is 0.0624. The zero-order valence-corrected chi connectivity index (χ0v) is 10.2. The lowest BCUT2D eigenvalue weighted by atomic mass is 10.2. The van der Waals surface area contributed by atoms with E-state index in [0.29, 0.717) is 0 Å². The molecule has 0 bridgehead atoms. The molecule has 102 valence electrons. The summed E-state index contributed by atoms with van der Waals surface area (Å²) in [4.78, 5) is 11.2. The molecule has 0 saturated heterocycles.